The number of thioether (sulfide) groups is 1. The van der Waals surface area contributed by atoms with Gasteiger partial charge in [0.15, 0.2) is 6.29 Å². The molecule has 9 heteroatoms. The lowest BCUT2D eigenvalue weighted by Crippen LogP contribution is -2.33. The van der Waals surface area contributed by atoms with Crippen LogP contribution >= 0.6 is 23.4 Å². The summed E-state index contributed by atoms with van der Waals surface area (Å²) in [4.78, 5) is -0.122. The number of halogens is 5. The van der Waals surface area contributed by atoms with Crippen LogP contribution in [0.5, 0.6) is 0 Å². The molecule has 0 aromatic rings. The van der Waals surface area contributed by atoms with Crippen LogP contribution in [0.2, 0.25) is 0 Å². The Bertz CT molecular complexity index is 344. The summed E-state index contributed by atoms with van der Waals surface area (Å²) >= 11 is 5.21. The van der Waals surface area contributed by atoms with E-state index in [-0.39, 0.29) is 29.9 Å². The van der Waals surface area contributed by atoms with Crippen LogP contribution in [0.25, 0.3) is 0 Å². The molecule has 1 saturated heterocycles. The van der Waals surface area contributed by atoms with Crippen molar-refractivity contribution in [3.05, 3.63) is 11.0 Å². The van der Waals surface area contributed by atoms with E-state index in [9.17, 15) is 17.6 Å². The van der Waals surface area contributed by atoms with Crippen LogP contribution in [0.15, 0.2) is 11.0 Å². The van der Waals surface area contributed by atoms with E-state index in [2.05, 4.69) is 11.6 Å². The summed E-state index contributed by atoms with van der Waals surface area (Å²) in [6.07, 6.45) is 1.98. The van der Waals surface area contributed by atoms with E-state index in [4.69, 9.17) is 14.6 Å². The van der Waals surface area contributed by atoms with Gasteiger partial charge in [-0.3, -0.25) is 0 Å². The molecular formula is C12H17ClF4O3S. The van der Waals surface area contributed by atoms with E-state index < -0.39 is 17.6 Å². The lowest BCUT2D eigenvalue weighted by Gasteiger charge is -2.24. The maximum atomic E-state index is 13.3. The molecule has 0 amide bonds. The second-order valence-electron chi connectivity index (χ2n) is 4.41. The topological polar surface area (TPSA) is 38.7 Å². The molecule has 0 bridgehead atoms. The molecule has 1 aliphatic rings. The summed E-state index contributed by atoms with van der Waals surface area (Å²) in [5.74, 6) is -4.41. The third-order valence-corrected chi connectivity index (χ3v) is 3.89. The van der Waals surface area contributed by atoms with Gasteiger partial charge < -0.3 is 14.6 Å². The van der Waals surface area contributed by atoms with Crippen molar-refractivity contribution in [1.82, 2.24) is 0 Å². The predicted molar refractivity (Wildman–Crippen MR) is 72.9 cm³/mol. The predicted octanol–water partition coefficient (Wildman–Crippen LogP) is 3.61. The SMILES string of the molecule is OCCS/C(=C/C(F)(F)C(F)(F)Cl)COC1CCCCO1. The van der Waals surface area contributed by atoms with E-state index in [0.717, 1.165) is 24.6 Å². The summed E-state index contributed by atoms with van der Waals surface area (Å²) in [5.41, 5.74) is 0. The van der Waals surface area contributed by atoms with Gasteiger partial charge >= 0.3 is 11.3 Å². The van der Waals surface area contributed by atoms with Crippen molar-refractivity contribution in [2.45, 2.75) is 36.9 Å². The van der Waals surface area contributed by atoms with Crippen LogP contribution in [-0.4, -0.2) is 48.3 Å². The Kier molecular flexibility index (Phi) is 7.77. The Hall–Kier alpha value is -0.0200. The van der Waals surface area contributed by atoms with Crippen molar-refractivity contribution in [3.63, 3.8) is 0 Å². The molecule has 0 spiro atoms. The molecule has 0 aliphatic carbocycles. The van der Waals surface area contributed by atoms with Crippen molar-refractivity contribution >= 4 is 23.4 Å². The molecule has 1 aliphatic heterocycles. The second kappa shape index (κ2) is 8.57. The smallest absolute Gasteiger partial charge is 0.387 e. The van der Waals surface area contributed by atoms with Gasteiger partial charge in [0.05, 0.1) is 13.2 Å². The molecule has 1 heterocycles. The Labute approximate surface area is 129 Å². The van der Waals surface area contributed by atoms with Gasteiger partial charge in [0, 0.05) is 23.3 Å². The zero-order valence-electron chi connectivity index (χ0n) is 11.2. The van der Waals surface area contributed by atoms with Crippen molar-refractivity contribution in [3.8, 4) is 0 Å². The molecule has 1 unspecified atom stereocenters. The Morgan fingerprint density at radius 2 is 2.10 bits per heavy atom. The number of rotatable bonds is 8. The standard InChI is InChI=1S/C12H17ClF4O3S/c13-12(16,17)11(14,15)7-9(21-6-4-18)8-20-10-3-1-2-5-19-10/h7,10,18H,1-6,8H2/b9-7+. The molecular weight excluding hydrogens is 336 g/mol. The third kappa shape index (κ3) is 6.73. The minimum Gasteiger partial charge on any atom is -0.396 e. The molecule has 1 fully saturated rings. The normalized spacial score (nSPS) is 21.6. The maximum Gasteiger partial charge on any atom is 0.387 e. The van der Waals surface area contributed by atoms with Gasteiger partial charge in [-0.2, -0.15) is 17.6 Å². The first kappa shape index (κ1) is 19.0. The average molecular weight is 353 g/mol. The average Bonchev–Trinajstić information content (AvgIpc) is 2.41. The number of hydrogen-bond donors (Lipinski definition) is 1. The molecule has 1 atom stereocenters. The van der Waals surface area contributed by atoms with Gasteiger partial charge in [-0.05, 0) is 30.9 Å². The van der Waals surface area contributed by atoms with Crippen molar-refractivity contribution in [2.75, 3.05) is 25.6 Å². The number of hydrogen-bond acceptors (Lipinski definition) is 4. The van der Waals surface area contributed by atoms with Crippen LogP contribution in [-0.2, 0) is 9.47 Å². The van der Waals surface area contributed by atoms with Gasteiger partial charge in [-0.25, -0.2) is 0 Å². The monoisotopic (exact) mass is 352 g/mol. The first-order valence-electron chi connectivity index (χ1n) is 6.39. The lowest BCUT2D eigenvalue weighted by molar-refractivity contribution is -0.156. The van der Waals surface area contributed by atoms with Gasteiger partial charge in [0.2, 0.25) is 0 Å². The van der Waals surface area contributed by atoms with Crippen LogP contribution in [0.1, 0.15) is 19.3 Å². The van der Waals surface area contributed by atoms with E-state index in [1.165, 1.54) is 0 Å². The summed E-state index contributed by atoms with van der Waals surface area (Å²) in [7, 11) is 0. The third-order valence-electron chi connectivity index (χ3n) is 2.65. The summed E-state index contributed by atoms with van der Waals surface area (Å²) in [5, 5.41) is 4.03. The van der Waals surface area contributed by atoms with Crippen LogP contribution in [0.4, 0.5) is 17.6 Å². The number of aliphatic hydroxyl groups is 1. The molecule has 21 heavy (non-hydrogen) atoms. The minimum atomic E-state index is -4.68. The lowest BCUT2D eigenvalue weighted by atomic mass is 10.2. The second-order valence-corrected chi connectivity index (χ2v) is 6.11. The zero-order chi connectivity index (χ0) is 15.9. The molecule has 124 valence electrons. The fourth-order valence-corrected chi connectivity index (χ4v) is 2.39. The van der Waals surface area contributed by atoms with Crippen LogP contribution in [0.3, 0.4) is 0 Å². The molecule has 1 N–H and O–H groups in total. The highest BCUT2D eigenvalue weighted by Crippen LogP contribution is 2.40. The van der Waals surface area contributed by atoms with Crippen molar-refractivity contribution in [2.24, 2.45) is 0 Å². The van der Waals surface area contributed by atoms with Gasteiger partial charge in [0.25, 0.3) is 0 Å². The van der Waals surface area contributed by atoms with E-state index in [0.29, 0.717) is 13.0 Å². The van der Waals surface area contributed by atoms with Crippen molar-refractivity contribution in [1.29, 1.82) is 0 Å². The molecule has 0 saturated carbocycles. The molecule has 0 radical (unpaired) electrons. The largest absolute Gasteiger partial charge is 0.396 e. The van der Waals surface area contributed by atoms with Crippen LogP contribution in [0, 0.1) is 0 Å². The summed E-state index contributed by atoms with van der Waals surface area (Å²) in [6.45, 7) is -0.0495. The number of alkyl halides is 5. The first-order valence-corrected chi connectivity index (χ1v) is 7.76. The fraction of sp³-hybridized carbons (Fsp3) is 0.833. The highest BCUT2D eigenvalue weighted by Gasteiger charge is 2.53. The van der Waals surface area contributed by atoms with Gasteiger partial charge in [-0.15, -0.1) is 11.8 Å². The number of allylic oxidation sites excluding steroid dienone is 1. The maximum absolute atomic E-state index is 13.3. The highest BCUT2D eigenvalue weighted by molar-refractivity contribution is 8.03. The molecule has 0 aromatic carbocycles. The Morgan fingerprint density at radius 3 is 2.62 bits per heavy atom. The first-order chi connectivity index (χ1) is 9.76. The van der Waals surface area contributed by atoms with E-state index in [1.807, 2.05) is 0 Å². The van der Waals surface area contributed by atoms with Gasteiger partial charge in [-0.1, -0.05) is 0 Å². The van der Waals surface area contributed by atoms with Gasteiger partial charge in [0.1, 0.15) is 0 Å². The van der Waals surface area contributed by atoms with Crippen LogP contribution < -0.4 is 0 Å². The fourth-order valence-electron chi connectivity index (χ4n) is 1.60. The minimum absolute atomic E-state index is 0.0865. The summed E-state index contributed by atoms with van der Waals surface area (Å²) < 4.78 is 62.3. The Balaban J connectivity index is 2.65. The number of ether oxygens (including phenoxy) is 2. The van der Waals surface area contributed by atoms with Crippen molar-refractivity contribution < 1.29 is 32.1 Å². The molecule has 3 nitrogen and oxygen atoms in total. The summed E-state index contributed by atoms with van der Waals surface area (Å²) in [6, 6.07) is 0. The zero-order valence-corrected chi connectivity index (χ0v) is 12.7. The molecule has 0 aromatic heterocycles. The van der Waals surface area contributed by atoms with E-state index >= 15 is 0 Å². The number of aliphatic hydroxyl groups excluding tert-OH is 1. The quantitative estimate of drug-likeness (QED) is 0.535. The highest BCUT2D eigenvalue weighted by atomic mass is 35.5. The van der Waals surface area contributed by atoms with E-state index in [1.54, 1.807) is 0 Å². The Morgan fingerprint density at radius 1 is 1.38 bits per heavy atom. The molecule has 1 rings (SSSR count).